The molecule has 0 bridgehead atoms. The van der Waals surface area contributed by atoms with E-state index in [1.807, 2.05) is 41.9 Å². The third kappa shape index (κ3) is 22.4. The quantitative estimate of drug-likeness (QED) is 0.0340. The summed E-state index contributed by atoms with van der Waals surface area (Å²) in [5.74, 6) is -0.541. The number of anilines is 1. The Morgan fingerprint density at radius 2 is 1.25 bits per heavy atom. The first kappa shape index (κ1) is 70.9. The molecule has 6 rings (SSSR count). The number of nitrogens with two attached hydrogens (primary N) is 1. The van der Waals surface area contributed by atoms with Crippen molar-refractivity contribution in [2.24, 2.45) is 0 Å². The number of rotatable bonds is 34. The van der Waals surface area contributed by atoms with Crippen molar-refractivity contribution in [3.05, 3.63) is 36.1 Å². The largest absolute Gasteiger partial charge is 0.390 e. The molecule has 11 atom stereocenters. The molecule has 6 amide bonds. The number of aliphatic hydroxyl groups excluding tert-OH is 5. The molecular formula is C55H96N14O15. The highest BCUT2D eigenvalue weighted by Gasteiger charge is 2.46. The number of carbonyl (C=O) groups is 5. The number of unbranched alkanes of at least 4 members (excludes halogenated alkanes) is 3. The highest BCUT2D eigenvalue weighted by molar-refractivity contribution is 5.88. The number of urea groups is 1. The van der Waals surface area contributed by atoms with Crippen LogP contribution >= 0.6 is 0 Å². The van der Waals surface area contributed by atoms with E-state index in [0.717, 1.165) is 58.2 Å². The fraction of sp³-hybridized carbons (Fsp3) is 0.745. The SMILES string of the molecule is C=C1NC(=O)N(CCC(=O)NCCNC(=O)CCCCCNC)C=C1C1OC(CC)C(O)C1O.CCC1OC(C(=O)NCCCCNC)CC1O.CCC1OC(c2nn(CC(=O)NCCOCCOCCNC)c3c(N)ncnc23)C(O)C1O. The van der Waals surface area contributed by atoms with E-state index in [2.05, 4.69) is 64.2 Å². The van der Waals surface area contributed by atoms with Gasteiger partial charge in [-0.3, -0.25) is 24.1 Å². The Bertz CT molecular complexity index is 2370. The van der Waals surface area contributed by atoms with Crippen LogP contribution in [0.3, 0.4) is 0 Å². The van der Waals surface area contributed by atoms with Gasteiger partial charge in [-0.25, -0.2) is 19.4 Å². The number of hydrogen-bond donors (Lipinski definition) is 14. The normalized spacial score (nSPS) is 24.6. The van der Waals surface area contributed by atoms with Crippen molar-refractivity contribution < 1.29 is 73.2 Å². The van der Waals surface area contributed by atoms with E-state index in [9.17, 15) is 49.5 Å². The summed E-state index contributed by atoms with van der Waals surface area (Å²) in [6.45, 7) is 15.6. The molecule has 3 fully saturated rings. The lowest BCUT2D eigenvalue weighted by molar-refractivity contribution is -0.132. The summed E-state index contributed by atoms with van der Waals surface area (Å²) in [4.78, 5) is 70.0. The van der Waals surface area contributed by atoms with Crippen molar-refractivity contribution in [2.45, 2.75) is 165 Å². The maximum atomic E-state index is 12.5. The molecule has 0 radical (unpaired) electrons. The highest BCUT2D eigenvalue weighted by Crippen LogP contribution is 2.38. The maximum Gasteiger partial charge on any atom is 0.325 e. The Kier molecular flexibility index (Phi) is 32.5. The third-order valence-electron chi connectivity index (χ3n) is 14.3. The molecule has 0 aliphatic carbocycles. The molecule has 0 spiro atoms. The smallest absolute Gasteiger partial charge is 0.325 e. The van der Waals surface area contributed by atoms with E-state index in [4.69, 9.17) is 29.4 Å². The molecule has 29 nitrogen and oxygen atoms in total. The van der Waals surface area contributed by atoms with Crippen molar-refractivity contribution in [1.82, 2.24) is 67.2 Å². The van der Waals surface area contributed by atoms with Gasteiger partial charge in [0.1, 0.15) is 72.3 Å². The zero-order valence-electron chi connectivity index (χ0n) is 49.8. The molecule has 84 heavy (non-hydrogen) atoms. The van der Waals surface area contributed by atoms with Gasteiger partial charge in [0, 0.05) is 76.0 Å². The lowest BCUT2D eigenvalue weighted by Gasteiger charge is -2.30. The molecule has 4 aliphatic heterocycles. The molecule has 3 saturated heterocycles. The van der Waals surface area contributed by atoms with E-state index < -0.39 is 67.1 Å². The van der Waals surface area contributed by atoms with Crippen molar-refractivity contribution in [3.63, 3.8) is 0 Å². The van der Waals surface area contributed by atoms with E-state index in [0.29, 0.717) is 101 Å². The second-order valence-corrected chi connectivity index (χ2v) is 20.7. The monoisotopic (exact) mass is 1190 g/mol. The number of carbonyl (C=O) groups excluding carboxylic acids is 5. The zero-order valence-corrected chi connectivity index (χ0v) is 49.8. The van der Waals surface area contributed by atoms with Crippen LogP contribution in [0.15, 0.2) is 30.4 Å². The van der Waals surface area contributed by atoms with Crippen LogP contribution in [0.5, 0.6) is 0 Å². The summed E-state index contributed by atoms with van der Waals surface area (Å²) in [6.07, 6.45) is 2.08. The van der Waals surface area contributed by atoms with Gasteiger partial charge >= 0.3 is 6.03 Å². The fourth-order valence-electron chi connectivity index (χ4n) is 9.55. The molecular weight excluding hydrogens is 1100 g/mol. The molecule has 2 aromatic heterocycles. The molecule has 0 aromatic carbocycles. The van der Waals surface area contributed by atoms with Crippen LogP contribution in [0.1, 0.15) is 103 Å². The van der Waals surface area contributed by atoms with E-state index in [-0.39, 0.29) is 60.8 Å². The number of nitrogens with zero attached hydrogens (tertiary/aromatic N) is 5. The number of aliphatic hydroxyl groups is 5. The summed E-state index contributed by atoms with van der Waals surface area (Å²) in [7, 11) is 5.67. The number of fused-ring (bicyclic) bond motifs is 1. The van der Waals surface area contributed by atoms with Crippen molar-refractivity contribution >= 4 is 46.5 Å². The van der Waals surface area contributed by atoms with Crippen LogP contribution in [-0.2, 0) is 49.4 Å². The van der Waals surface area contributed by atoms with Gasteiger partial charge in [0.25, 0.3) is 0 Å². The summed E-state index contributed by atoms with van der Waals surface area (Å²) < 4.78 is 29.2. The highest BCUT2D eigenvalue weighted by atomic mass is 16.6. The molecule has 476 valence electrons. The first-order valence-electron chi connectivity index (χ1n) is 29.4. The minimum Gasteiger partial charge on any atom is -0.390 e. The predicted octanol–water partition coefficient (Wildman–Crippen LogP) is -1.91. The first-order valence-corrected chi connectivity index (χ1v) is 29.4. The van der Waals surface area contributed by atoms with Gasteiger partial charge in [0.15, 0.2) is 5.82 Å². The van der Waals surface area contributed by atoms with Crippen molar-refractivity contribution in [2.75, 3.05) is 106 Å². The van der Waals surface area contributed by atoms with Crippen LogP contribution in [0, 0.1) is 0 Å². The van der Waals surface area contributed by atoms with Gasteiger partial charge in [-0.2, -0.15) is 5.10 Å². The molecule has 0 saturated carbocycles. The van der Waals surface area contributed by atoms with Gasteiger partial charge in [0.05, 0.1) is 50.8 Å². The standard InChI is InChI=1S/C23H39N5O6.C20H33N7O6.C12H24N2O3/c1-4-17-20(31)21(32)22(34-17)16-14-28(23(33)27-15(16)2)13-9-19(30)26-12-11-25-18(29)8-6-5-7-10-24-3;1-3-12-17(29)18(30)19(33-12)15-14-16(20(21)25-11-24-14)27(26-15)10-13(28)23-5-7-32-9-8-31-6-4-22-2;1-3-10-9(15)8-11(17-10)12(16)14-7-5-4-6-13-2/h14,17,20-22,24,31-32H,2,4-13H2,1,3H3,(H,25,29)(H,26,30)(H,27,33);11-12,17-19,22,29-30H,3-10H2,1-2H3,(H,23,28)(H2,21,24,25);9-11,13,15H,3-8H2,1-2H3,(H,14,16). The van der Waals surface area contributed by atoms with Crippen molar-refractivity contribution in [3.8, 4) is 0 Å². The molecule has 6 heterocycles. The zero-order chi connectivity index (χ0) is 61.6. The molecule has 2 aromatic rings. The van der Waals surface area contributed by atoms with E-state index >= 15 is 0 Å². The van der Waals surface area contributed by atoms with Crippen LogP contribution in [0.4, 0.5) is 10.6 Å². The number of hydrogen-bond acceptors (Lipinski definition) is 22. The number of ether oxygens (including phenoxy) is 5. The Morgan fingerprint density at radius 1 is 0.679 bits per heavy atom. The lowest BCUT2D eigenvalue weighted by Crippen LogP contribution is -2.45. The third-order valence-corrected chi connectivity index (χ3v) is 14.3. The van der Waals surface area contributed by atoms with Gasteiger partial charge in [-0.05, 0) is 79.2 Å². The Balaban J connectivity index is 0.000000285. The predicted molar refractivity (Wildman–Crippen MR) is 310 cm³/mol. The Morgan fingerprint density at radius 3 is 1.86 bits per heavy atom. The number of amides is 6. The van der Waals surface area contributed by atoms with E-state index in [1.54, 1.807) is 0 Å². The van der Waals surface area contributed by atoms with Crippen molar-refractivity contribution in [1.29, 1.82) is 0 Å². The van der Waals surface area contributed by atoms with Crippen LogP contribution in [0.2, 0.25) is 0 Å². The van der Waals surface area contributed by atoms with Gasteiger partial charge in [0.2, 0.25) is 23.6 Å². The number of likely N-dealkylation sites (N-methyl/N-ethyl adjacent to an activating group) is 1. The topological polar surface area (TPSA) is 402 Å². The second-order valence-electron chi connectivity index (χ2n) is 20.7. The maximum absolute atomic E-state index is 12.5. The summed E-state index contributed by atoms with van der Waals surface area (Å²) in [6, 6.07) is -0.441. The van der Waals surface area contributed by atoms with Gasteiger partial charge in [-0.15, -0.1) is 0 Å². The average Bonchev–Trinajstić information content (AvgIpc) is 2.81. The summed E-state index contributed by atoms with van der Waals surface area (Å²) >= 11 is 0. The van der Waals surface area contributed by atoms with Crippen LogP contribution < -0.4 is 48.3 Å². The van der Waals surface area contributed by atoms with Gasteiger partial charge in [-0.1, -0.05) is 33.8 Å². The van der Waals surface area contributed by atoms with Crippen LogP contribution in [0.25, 0.3) is 11.0 Å². The molecule has 4 aliphatic rings. The average molecular weight is 1190 g/mol. The van der Waals surface area contributed by atoms with Gasteiger partial charge < -0.3 is 97.5 Å². The van der Waals surface area contributed by atoms with Crippen LogP contribution in [-0.4, -0.2) is 241 Å². The molecule has 15 N–H and O–H groups in total. The number of nitrogens with one attached hydrogen (secondary N) is 8. The number of aromatic nitrogens is 4. The summed E-state index contributed by atoms with van der Waals surface area (Å²) in [5, 5.41) is 78.1. The minimum absolute atomic E-state index is 0.0339. The number of nitrogen functional groups attached to an aromatic ring is 1. The second kappa shape index (κ2) is 38.5. The Labute approximate surface area is 492 Å². The first-order chi connectivity index (χ1) is 40.4. The lowest BCUT2D eigenvalue weighted by atomic mass is 9.98. The molecule has 11 unspecified atom stereocenters. The summed E-state index contributed by atoms with van der Waals surface area (Å²) in [5.41, 5.74) is 7.80. The van der Waals surface area contributed by atoms with E-state index in [1.165, 1.54) is 22.1 Å². The fourth-order valence-corrected chi connectivity index (χ4v) is 9.55. The minimum atomic E-state index is -1.18. The molecule has 29 heteroatoms. The Hall–Kier alpha value is -5.54.